The quantitative estimate of drug-likeness (QED) is 0.848. The summed E-state index contributed by atoms with van der Waals surface area (Å²) in [6.07, 6.45) is 6.13. The van der Waals surface area contributed by atoms with Crippen molar-refractivity contribution in [2.75, 3.05) is 5.73 Å². The fourth-order valence-corrected chi connectivity index (χ4v) is 3.44. The van der Waals surface area contributed by atoms with Crippen LogP contribution in [0.15, 0.2) is 33.3 Å². The SMILES string of the molecule is CC1(c2noc(N)c2-c2ccc(Br)cc2)CCCCC1. The summed E-state index contributed by atoms with van der Waals surface area (Å²) in [4.78, 5) is 0. The second-order valence-corrected chi connectivity index (χ2v) is 6.81. The number of nitrogens with two attached hydrogens (primary N) is 1. The third-order valence-electron chi connectivity index (χ3n) is 4.38. The number of rotatable bonds is 2. The van der Waals surface area contributed by atoms with Crippen molar-refractivity contribution < 1.29 is 4.52 Å². The molecule has 0 atom stereocenters. The van der Waals surface area contributed by atoms with Gasteiger partial charge in [0.1, 0.15) is 0 Å². The molecule has 1 saturated carbocycles. The average Bonchev–Trinajstić information content (AvgIpc) is 2.83. The Morgan fingerprint density at radius 3 is 2.45 bits per heavy atom. The van der Waals surface area contributed by atoms with Crippen LogP contribution >= 0.6 is 15.9 Å². The summed E-state index contributed by atoms with van der Waals surface area (Å²) < 4.78 is 6.37. The molecule has 1 aliphatic carbocycles. The molecule has 20 heavy (non-hydrogen) atoms. The lowest BCUT2D eigenvalue weighted by Gasteiger charge is -2.32. The van der Waals surface area contributed by atoms with Gasteiger partial charge in [-0.25, -0.2) is 0 Å². The predicted molar refractivity (Wildman–Crippen MR) is 84.5 cm³/mol. The van der Waals surface area contributed by atoms with Gasteiger partial charge in [-0.2, -0.15) is 0 Å². The summed E-state index contributed by atoms with van der Waals surface area (Å²) in [7, 11) is 0. The minimum absolute atomic E-state index is 0.0851. The summed E-state index contributed by atoms with van der Waals surface area (Å²) in [5.74, 6) is 0.425. The van der Waals surface area contributed by atoms with E-state index in [-0.39, 0.29) is 5.41 Å². The Hall–Kier alpha value is -1.29. The van der Waals surface area contributed by atoms with Crippen LogP contribution in [0.4, 0.5) is 5.88 Å². The van der Waals surface area contributed by atoms with Gasteiger partial charge in [0.2, 0.25) is 5.88 Å². The van der Waals surface area contributed by atoms with Crippen LogP contribution in [0, 0.1) is 0 Å². The molecule has 0 spiro atoms. The van der Waals surface area contributed by atoms with E-state index in [4.69, 9.17) is 10.3 Å². The van der Waals surface area contributed by atoms with E-state index in [0.717, 1.165) is 34.1 Å². The van der Waals surface area contributed by atoms with Crippen LogP contribution in [0.5, 0.6) is 0 Å². The van der Waals surface area contributed by atoms with Gasteiger partial charge in [0.25, 0.3) is 0 Å². The van der Waals surface area contributed by atoms with E-state index >= 15 is 0 Å². The molecule has 4 heteroatoms. The zero-order valence-electron chi connectivity index (χ0n) is 11.7. The number of hydrogen-bond acceptors (Lipinski definition) is 3. The molecule has 0 saturated heterocycles. The van der Waals surface area contributed by atoms with Gasteiger partial charge in [0, 0.05) is 9.89 Å². The highest BCUT2D eigenvalue weighted by Gasteiger charge is 2.35. The van der Waals surface area contributed by atoms with Crippen LogP contribution in [-0.4, -0.2) is 5.16 Å². The molecule has 1 aliphatic rings. The molecule has 2 N–H and O–H groups in total. The molecule has 3 rings (SSSR count). The van der Waals surface area contributed by atoms with E-state index < -0.39 is 0 Å². The average molecular weight is 335 g/mol. The third-order valence-corrected chi connectivity index (χ3v) is 4.91. The van der Waals surface area contributed by atoms with Crippen molar-refractivity contribution in [3.05, 3.63) is 34.4 Å². The number of benzene rings is 1. The minimum atomic E-state index is 0.0851. The fourth-order valence-electron chi connectivity index (χ4n) is 3.18. The molecular formula is C16H19BrN2O. The fraction of sp³-hybridized carbons (Fsp3) is 0.438. The van der Waals surface area contributed by atoms with E-state index in [1.807, 2.05) is 12.1 Å². The number of anilines is 1. The molecule has 0 aliphatic heterocycles. The molecule has 3 nitrogen and oxygen atoms in total. The zero-order valence-corrected chi connectivity index (χ0v) is 13.2. The lowest BCUT2D eigenvalue weighted by Crippen LogP contribution is -2.26. The number of hydrogen-bond donors (Lipinski definition) is 1. The highest BCUT2D eigenvalue weighted by atomic mass is 79.9. The van der Waals surface area contributed by atoms with Crippen molar-refractivity contribution in [1.29, 1.82) is 0 Å². The summed E-state index contributed by atoms with van der Waals surface area (Å²) in [6, 6.07) is 8.16. The Morgan fingerprint density at radius 1 is 1.15 bits per heavy atom. The Kier molecular flexibility index (Phi) is 3.59. The van der Waals surface area contributed by atoms with Gasteiger partial charge in [0.05, 0.1) is 11.3 Å². The maximum absolute atomic E-state index is 6.04. The van der Waals surface area contributed by atoms with Gasteiger partial charge in [-0.3, -0.25) is 0 Å². The van der Waals surface area contributed by atoms with Crippen molar-refractivity contribution in [1.82, 2.24) is 5.16 Å². The van der Waals surface area contributed by atoms with Crippen molar-refractivity contribution in [3.8, 4) is 11.1 Å². The van der Waals surface area contributed by atoms with Crippen LogP contribution in [0.3, 0.4) is 0 Å². The van der Waals surface area contributed by atoms with Gasteiger partial charge in [0.15, 0.2) is 0 Å². The van der Waals surface area contributed by atoms with Crippen molar-refractivity contribution in [2.45, 2.75) is 44.4 Å². The largest absolute Gasteiger partial charge is 0.367 e. The molecular weight excluding hydrogens is 316 g/mol. The van der Waals surface area contributed by atoms with Crippen molar-refractivity contribution in [3.63, 3.8) is 0 Å². The topological polar surface area (TPSA) is 52.0 Å². The van der Waals surface area contributed by atoms with Crippen LogP contribution < -0.4 is 5.73 Å². The molecule has 1 aromatic heterocycles. The number of aromatic nitrogens is 1. The molecule has 0 radical (unpaired) electrons. The standard InChI is InChI=1S/C16H19BrN2O/c1-16(9-3-2-4-10-16)14-13(15(18)20-19-14)11-5-7-12(17)8-6-11/h5-8H,2-4,9-10,18H2,1H3. The first kappa shape index (κ1) is 13.7. The first-order valence-corrected chi connectivity index (χ1v) is 7.91. The monoisotopic (exact) mass is 334 g/mol. The minimum Gasteiger partial charge on any atom is -0.367 e. The number of halogens is 1. The van der Waals surface area contributed by atoms with Crippen LogP contribution in [0.1, 0.15) is 44.7 Å². The van der Waals surface area contributed by atoms with Gasteiger partial charge in [-0.15, -0.1) is 0 Å². The summed E-state index contributed by atoms with van der Waals surface area (Å²) in [6.45, 7) is 2.28. The molecule has 1 heterocycles. The summed E-state index contributed by atoms with van der Waals surface area (Å²) in [5, 5.41) is 4.30. The maximum Gasteiger partial charge on any atom is 0.230 e. The summed E-state index contributed by atoms with van der Waals surface area (Å²) >= 11 is 3.46. The first-order valence-electron chi connectivity index (χ1n) is 7.12. The molecule has 0 unspecified atom stereocenters. The molecule has 0 amide bonds. The molecule has 106 valence electrons. The summed E-state index contributed by atoms with van der Waals surface area (Å²) in [5.41, 5.74) is 9.20. The Bertz CT molecular complexity index is 597. The van der Waals surface area contributed by atoms with Crippen LogP contribution in [0.25, 0.3) is 11.1 Å². The smallest absolute Gasteiger partial charge is 0.230 e. The first-order chi connectivity index (χ1) is 9.60. The van der Waals surface area contributed by atoms with E-state index in [1.165, 1.54) is 19.3 Å². The van der Waals surface area contributed by atoms with Gasteiger partial charge >= 0.3 is 0 Å². The molecule has 1 aromatic carbocycles. The van der Waals surface area contributed by atoms with Crippen LogP contribution in [-0.2, 0) is 5.41 Å². The highest BCUT2D eigenvalue weighted by molar-refractivity contribution is 9.10. The Balaban J connectivity index is 2.07. The molecule has 0 bridgehead atoms. The van der Waals surface area contributed by atoms with Gasteiger partial charge < -0.3 is 10.3 Å². The van der Waals surface area contributed by atoms with Crippen molar-refractivity contribution >= 4 is 21.8 Å². The normalized spacial score (nSPS) is 18.1. The zero-order chi connectivity index (χ0) is 14.2. The molecule has 1 fully saturated rings. The number of nitrogens with zero attached hydrogens (tertiary/aromatic N) is 1. The highest BCUT2D eigenvalue weighted by Crippen LogP contribution is 2.44. The second kappa shape index (κ2) is 5.24. The van der Waals surface area contributed by atoms with Gasteiger partial charge in [-0.05, 0) is 30.5 Å². The molecule has 2 aromatic rings. The van der Waals surface area contributed by atoms with E-state index in [2.05, 4.69) is 40.1 Å². The van der Waals surface area contributed by atoms with Gasteiger partial charge in [-0.1, -0.05) is 59.4 Å². The lowest BCUT2D eigenvalue weighted by molar-refractivity contribution is 0.295. The van der Waals surface area contributed by atoms with Crippen LogP contribution in [0.2, 0.25) is 0 Å². The lowest BCUT2D eigenvalue weighted by atomic mass is 9.72. The predicted octanol–water partition coefficient (Wildman–Crippen LogP) is 4.91. The second-order valence-electron chi connectivity index (χ2n) is 5.90. The van der Waals surface area contributed by atoms with E-state index in [0.29, 0.717) is 5.88 Å². The Morgan fingerprint density at radius 2 is 1.80 bits per heavy atom. The van der Waals surface area contributed by atoms with Crippen molar-refractivity contribution in [2.24, 2.45) is 0 Å². The third kappa shape index (κ3) is 2.37. The maximum atomic E-state index is 6.04. The Labute approximate surface area is 127 Å². The van der Waals surface area contributed by atoms with E-state index in [9.17, 15) is 0 Å². The van der Waals surface area contributed by atoms with E-state index in [1.54, 1.807) is 0 Å². The number of nitrogen functional groups attached to an aromatic ring is 1.